The SMILES string of the molecule is O=C1c2oc3ccccc3c(=O)c2[C@@H](c2ccc(F)cc2)N1c1nc2ccc(F)cc2s1. The summed E-state index contributed by atoms with van der Waals surface area (Å²) in [7, 11) is 0. The molecule has 0 unspecified atom stereocenters. The number of carbonyl (C=O) groups is 1. The first-order valence-electron chi connectivity index (χ1n) is 9.72. The molecule has 0 spiro atoms. The third-order valence-electron chi connectivity index (χ3n) is 5.51. The summed E-state index contributed by atoms with van der Waals surface area (Å²) in [6, 6.07) is 15.6. The topological polar surface area (TPSA) is 63.4 Å². The highest BCUT2D eigenvalue weighted by Crippen LogP contribution is 2.43. The lowest BCUT2D eigenvalue weighted by molar-refractivity contribution is 0.0971. The zero-order chi connectivity index (χ0) is 22.0. The lowest BCUT2D eigenvalue weighted by Gasteiger charge is -2.22. The van der Waals surface area contributed by atoms with E-state index in [2.05, 4.69) is 4.98 Å². The molecule has 0 aliphatic carbocycles. The van der Waals surface area contributed by atoms with Crippen LogP contribution in [0.2, 0.25) is 0 Å². The Balaban J connectivity index is 1.64. The molecule has 156 valence electrons. The molecule has 3 heterocycles. The van der Waals surface area contributed by atoms with E-state index in [0.717, 1.165) is 11.3 Å². The van der Waals surface area contributed by atoms with Gasteiger partial charge in [0.05, 0.1) is 27.2 Å². The van der Waals surface area contributed by atoms with Crippen LogP contribution in [0, 0.1) is 11.6 Å². The third kappa shape index (κ3) is 2.69. The molecule has 2 aromatic heterocycles. The Morgan fingerprint density at radius 2 is 1.69 bits per heavy atom. The van der Waals surface area contributed by atoms with Gasteiger partial charge in [-0.1, -0.05) is 35.6 Å². The molecule has 0 fully saturated rings. The number of hydrogen-bond acceptors (Lipinski definition) is 5. The fourth-order valence-electron chi connectivity index (χ4n) is 4.07. The van der Waals surface area contributed by atoms with E-state index in [1.807, 2.05) is 0 Å². The first-order chi connectivity index (χ1) is 15.5. The zero-order valence-electron chi connectivity index (χ0n) is 16.2. The molecule has 0 saturated heterocycles. The van der Waals surface area contributed by atoms with Gasteiger partial charge in [-0.2, -0.15) is 0 Å². The number of hydrogen-bond donors (Lipinski definition) is 0. The average molecular weight is 446 g/mol. The monoisotopic (exact) mass is 446 g/mol. The molecule has 6 rings (SSSR count). The Bertz CT molecular complexity index is 1610. The van der Waals surface area contributed by atoms with Crippen molar-refractivity contribution in [1.29, 1.82) is 0 Å². The molecule has 0 N–H and O–H groups in total. The van der Waals surface area contributed by atoms with Gasteiger partial charge in [0.2, 0.25) is 5.76 Å². The maximum atomic E-state index is 13.7. The van der Waals surface area contributed by atoms with E-state index in [0.29, 0.717) is 31.9 Å². The van der Waals surface area contributed by atoms with Gasteiger partial charge >= 0.3 is 0 Å². The van der Waals surface area contributed by atoms with Crippen molar-refractivity contribution >= 4 is 43.6 Å². The fraction of sp³-hybridized carbons (Fsp3) is 0.0417. The Hall–Kier alpha value is -3.91. The minimum absolute atomic E-state index is 0.0755. The maximum Gasteiger partial charge on any atom is 0.297 e. The standard InChI is InChI=1S/C24H12F2N2O3S/c25-13-7-5-12(6-8-13)20-19-21(29)15-3-1-2-4-17(15)31-22(19)23(30)28(20)24-27-16-10-9-14(26)11-18(16)32-24/h1-11,20H/t20-/m1/s1. The van der Waals surface area contributed by atoms with E-state index in [4.69, 9.17) is 4.42 Å². The number of halogens is 2. The van der Waals surface area contributed by atoms with Gasteiger partial charge in [-0.05, 0) is 48.0 Å². The highest BCUT2D eigenvalue weighted by Gasteiger charge is 2.45. The molecular formula is C24H12F2N2O3S. The second-order valence-electron chi connectivity index (χ2n) is 7.41. The highest BCUT2D eigenvalue weighted by atomic mass is 32.1. The molecule has 32 heavy (non-hydrogen) atoms. The first-order valence-corrected chi connectivity index (χ1v) is 10.5. The summed E-state index contributed by atoms with van der Waals surface area (Å²) >= 11 is 1.13. The molecule has 3 aromatic carbocycles. The molecule has 5 aromatic rings. The normalized spacial score (nSPS) is 15.6. The molecule has 0 radical (unpaired) electrons. The van der Waals surface area contributed by atoms with Crippen molar-refractivity contribution in [2.45, 2.75) is 6.04 Å². The van der Waals surface area contributed by atoms with Gasteiger partial charge in [-0.25, -0.2) is 13.8 Å². The second kappa shape index (κ2) is 6.80. The number of anilines is 1. The Morgan fingerprint density at radius 3 is 2.50 bits per heavy atom. The molecule has 1 amide bonds. The van der Waals surface area contributed by atoms with Gasteiger partial charge in [0.15, 0.2) is 10.6 Å². The molecular weight excluding hydrogens is 434 g/mol. The number of rotatable bonds is 2. The van der Waals surface area contributed by atoms with Crippen molar-refractivity contribution in [3.8, 4) is 0 Å². The van der Waals surface area contributed by atoms with Crippen LogP contribution in [-0.2, 0) is 0 Å². The molecule has 8 heteroatoms. The second-order valence-corrected chi connectivity index (χ2v) is 8.42. The maximum absolute atomic E-state index is 13.7. The number of nitrogens with zero attached hydrogens (tertiary/aromatic N) is 2. The van der Waals surface area contributed by atoms with E-state index < -0.39 is 23.6 Å². The van der Waals surface area contributed by atoms with Crippen molar-refractivity contribution in [3.05, 3.63) is 105 Å². The number of benzene rings is 3. The summed E-state index contributed by atoms with van der Waals surface area (Å²) in [6.45, 7) is 0. The molecule has 0 saturated carbocycles. The average Bonchev–Trinajstić information content (AvgIpc) is 3.33. The van der Waals surface area contributed by atoms with Crippen LogP contribution in [0.25, 0.3) is 21.2 Å². The largest absolute Gasteiger partial charge is 0.450 e. The summed E-state index contributed by atoms with van der Waals surface area (Å²) in [5.74, 6) is -1.46. The third-order valence-corrected chi connectivity index (χ3v) is 6.53. The van der Waals surface area contributed by atoms with Crippen LogP contribution >= 0.6 is 11.3 Å². The quantitative estimate of drug-likeness (QED) is 0.363. The summed E-state index contributed by atoms with van der Waals surface area (Å²) in [4.78, 5) is 32.8. The number of carbonyl (C=O) groups excluding carboxylic acids is 1. The smallest absolute Gasteiger partial charge is 0.297 e. The number of amides is 1. The van der Waals surface area contributed by atoms with Crippen LogP contribution in [0.3, 0.4) is 0 Å². The molecule has 1 aliphatic heterocycles. The van der Waals surface area contributed by atoms with Gasteiger partial charge in [0, 0.05) is 0 Å². The minimum atomic E-state index is -0.857. The highest BCUT2D eigenvalue weighted by molar-refractivity contribution is 7.22. The van der Waals surface area contributed by atoms with E-state index >= 15 is 0 Å². The van der Waals surface area contributed by atoms with Gasteiger partial charge < -0.3 is 4.42 Å². The van der Waals surface area contributed by atoms with Crippen LogP contribution < -0.4 is 10.3 Å². The van der Waals surface area contributed by atoms with E-state index in [9.17, 15) is 18.4 Å². The van der Waals surface area contributed by atoms with E-state index in [1.165, 1.54) is 47.4 Å². The van der Waals surface area contributed by atoms with Crippen LogP contribution in [0.4, 0.5) is 13.9 Å². The van der Waals surface area contributed by atoms with Crippen molar-refractivity contribution < 1.29 is 18.0 Å². The Kier molecular flexibility index (Phi) is 4.00. The number of thiazole rings is 1. The summed E-state index contributed by atoms with van der Waals surface area (Å²) in [6.07, 6.45) is 0. The van der Waals surface area contributed by atoms with Crippen molar-refractivity contribution in [1.82, 2.24) is 4.98 Å². The van der Waals surface area contributed by atoms with Crippen LogP contribution in [0.5, 0.6) is 0 Å². The van der Waals surface area contributed by atoms with Gasteiger partial charge in [-0.15, -0.1) is 0 Å². The minimum Gasteiger partial charge on any atom is -0.450 e. The van der Waals surface area contributed by atoms with Crippen LogP contribution in [-0.4, -0.2) is 10.9 Å². The number of para-hydroxylation sites is 1. The Labute approximate surface area is 183 Å². The summed E-state index contributed by atoms with van der Waals surface area (Å²) in [5.41, 5.74) is 1.20. The molecule has 1 aliphatic rings. The first kappa shape index (κ1) is 18.8. The van der Waals surface area contributed by atoms with E-state index in [-0.39, 0.29) is 16.8 Å². The predicted octanol–water partition coefficient (Wildman–Crippen LogP) is 5.43. The van der Waals surface area contributed by atoms with Crippen molar-refractivity contribution in [2.75, 3.05) is 4.90 Å². The molecule has 1 atom stereocenters. The van der Waals surface area contributed by atoms with Crippen LogP contribution in [0.15, 0.2) is 75.9 Å². The van der Waals surface area contributed by atoms with Crippen molar-refractivity contribution in [2.24, 2.45) is 0 Å². The van der Waals surface area contributed by atoms with Crippen molar-refractivity contribution in [3.63, 3.8) is 0 Å². The van der Waals surface area contributed by atoms with Gasteiger partial charge in [0.25, 0.3) is 5.91 Å². The fourth-order valence-corrected chi connectivity index (χ4v) is 5.08. The predicted molar refractivity (Wildman–Crippen MR) is 117 cm³/mol. The summed E-state index contributed by atoms with van der Waals surface area (Å²) in [5, 5.41) is 0.638. The number of aromatic nitrogens is 1. The number of fused-ring (bicyclic) bond motifs is 3. The Morgan fingerprint density at radius 1 is 0.938 bits per heavy atom. The lowest BCUT2D eigenvalue weighted by Crippen LogP contribution is -2.29. The van der Waals surface area contributed by atoms with Crippen LogP contribution in [0.1, 0.15) is 27.7 Å². The van der Waals surface area contributed by atoms with E-state index in [1.54, 1.807) is 24.3 Å². The molecule has 5 nitrogen and oxygen atoms in total. The lowest BCUT2D eigenvalue weighted by atomic mass is 9.99. The van der Waals surface area contributed by atoms with Gasteiger partial charge in [0.1, 0.15) is 17.2 Å². The zero-order valence-corrected chi connectivity index (χ0v) is 17.0. The molecule has 0 bridgehead atoms. The summed E-state index contributed by atoms with van der Waals surface area (Å²) < 4.78 is 33.8. The van der Waals surface area contributed by atoms with Gasteiger partial charge in [-0.3, -0.25) is 14.5 Å².